The maximum Gasteiger partial charge on any atom is 0.347 e. The van der Waals surface area contributed by atoms with Gasteiger partial charge in [0.05, 0.1) is 0 Å². The van der Waals surface area contributed by atoms with Gasteiger partial charge in [-0.05, 0) is 38.1 Å². The Labute approximate surface area is 116 Å². The first-order valence-electron chi connectivity index (χ1n) is 5.93. The Morgan fingerprint density at radius 2 is 2.11 bits per heavy atom. The summed E-state index contributed by atoms with van der Waals surface area (Å²) in [6.45, 7) is 3.98. The number of carbonyl (C=O) groups excluding carboxylic acids is 1. The van der Waals surface area contributed by atoms with Gasteiger partial charge in [0.2, 0.25) is 0 Å². The van der Waals surface area contributed by atoms with E-state index in [4.69, 9.17) is 22.1 Å². The second-order valence-electron chi connectivity index (χ2n) is 4.46. The summed E-state index contributed by atoms with van der Waals surface area (Å²) in [6, 6.07) is 8.51. The molecule has 1 heterocycles. The number of nitrogens with zero attached hydrogens (tertiary/aromatic N) is 1. The molecule has 1 aromatic carbocycles. The monoisotopic (exact) mass is 278 g/mol. The lowest BCUT2D eigenvalue weighted by molar-refractivity contribution is 0.0736. The Bertz CT molecular complexity index is 605. The standard InChI is InChI=1S/C14H15ClN2O2/c1-9(2)17-7-6-12(13(17)16)14(18)19-11-5-3-4-10(15)8-11/h3-9H,16H2,1-2H3. The van der Waals surface area contributed by atoms with E-state index in [0.717, 1.165) is 0 Å². The van der Waals surface area contributed by atoms with E-state index in [9.17, 15) is 4.79 Å². The number of aromatic nitrogens is 1. The molecule has 0 bridgehead atoms. The summed E-state index contributed by atoms with van der Waals surface area (Å²) in [7, 11) is 0. The quantitative estimate of drug-likeness (QED) is 0.690. The summed E-state index contributed by atoms with van der Waals surface area (Å²) >= 11 is 5.83. The minimum absolute atomic E-state index is 0.188. The van der Waals surface area contributed by atoms with Crippen molar-refractivity contribution in [3.05, 3.63) is 47.1 Å². The van der Waals surface area contributed by atoms with Gasteiger partial charge in [0.15, 0.2) is 0 Å². The summed E-state index contributed by atoms with van der Waals surface area (Å²) in [6.07, 6.45) is 1.77. The van der Waals surface area contributed by atoms with Gasteiger partial charge in [-0.2, -0.15) is 0 Å². The molecule has 0 spiro atoms. The fraction of sp³-hybridized carbons (Fsp3) is 0.214. The number of hydrogen-bond donors (Lipinski definition) is 1. The van der Waals surface area contributed by atoms with E-state index >= 15 is 0 Å². The maximum atomic E-state index is 12.0. The zero-order valence-corrected chi connectivity index (χ0v) is 11.5. The molecule has 0 aliphatic carbocycles. The summed E-state index contributed by atoms with van der Waals surface area (Å²) in [4.78, 5) is 12.0. The Balaban J connectivity index is 2.21. The average Bonchev–Trinajstić information content (AvgIpc) is 2.71. The second kappa shape index (κ2) is 5.36. The largest absolute Gasteiger partial charge is 0.423 e. The number of carbonyl (C=O) groups is 1. The van der Waals surface area contributed by atoms with E-state index < -0.39 is 5.97 Å². The molecule has 0 amide bonds. The van der Waals surface area contributed by atoms with Gasteiger partial charge >= 0.3 is 5.97 Å². The van der Waals surface area contributed by atoms with Crippen molar-refractivity contribution in [3.8, 4) is 5.75 Å². The second-order valence-corrected chi connectivity index (χ2v) is 4.90. The molecule has 0 saturated carbocycles. The van der Waals surface area contributed by atoms with E-state index in [2.05, 4.69) is 0 Å². The summed E-state index contributed by atoms with van der Waals surface area (Å²) in [5.41, 5.74) is 6.28. The molecule has 0 radical (unpaired) electrons. The molecule has 0 aliphatic heterocycles. The van der Waals surface area contributed by atoms with Crippen LogP contribution in [0.4, 0.5) is 5.82 Å². The summed E-state index contributed by atoms with van der Waals surface area (Å²) in [5, 5.41) is 0.512. The van der Waals surface area contributed by atoms with Crippen LogP contribution in [0, 0.1) is 0 Å². The highest BCUT2D eigenvalue weighted by molar-refractivity contribution is 6.30. The van der Waals surface area contributed by atoms with Crippen molar-refractivity contribution in [1.82, 2.24) is 4.57 Å². The van der Waals surface area contributed by atoms with Gasteiger partial charge in [0, 0.05) is 17.3 Å². The van der Waals surface area contributed by atoms with Gasteiger partial charge in [0.25, 0.3) is 0 Å². The van der Waals surface area contributed by atoms with Crippen LogP contribution in [0.15, 0.2) is 36.5 Å². The molecule has 100 valence electrons. The van der Waals surface area contributed by atoms with E-state index in [1.807, 2.05) is 18.4 Å². The van der Waals surface area contributed by atoms with Crippen LogP contribution in [0.25, 0.3) is 0 Å². The van der Waals surface area contributed by atoms with Crippen LogP contribution in [0.5, 0.6) is 5.75 Å². The molecule has 0 saturated heterocycles. The van der Waals surface area contributed by atoms with E-state index in [1.54, 1.807) is 36.5 Å². The fourth-order valence-electron chi connectivity index (χ4n) is 1.78. The normalized spacial score (nSPS) is 10.7. The Kier molecular flexibility index (Phi) is 3.81. The van der Waals surface area contributed by atoms with Crippen LogP contribution in [0.1, 0.15) is 30.2 Å². The number of hydrogen-bond acceptors (Lipinski definition) is 3. The van der Waals surface area contributed by atoms with Gasteiger partial charge in [-0.15, -0.1) is 0 Å². The van der Waals surface area contributed by atoms with Gasteiger partial charge in [0.1, 0.15) is 17.1 Å². The van der Waals surface area contributed by atoms with Gasteiger partial charge in [-0.25, -0.2) is 4.79 Å². The lowest BCUT2D eigenvalue weighted by atomic mass is 10.3. The predicted molar refractivity (Wildman–Crippen MR) is 75.6 cm³/mol. The zero-order chi connectivity index (χ0) is 14.0. The number of esters is 1. The molecule has 2 N–H and O–H groups in total. The van der Waals surface area contributed by atoms with E-state index in [0.29, 0.717) is 22.2 Å². The van der Waals surface area contributed by atoms with E-state index in [-0.39, 0.29) is 6.04 Å². The van der Waals surface area contributed by atoms with Crippen molar-refractivity contribution in [2.45, 2.75) is 19.9 Å². The minimum Gasteiger partial charge on any atom is -0.423 e. The SMILES string of the molecule is CC(C)n1ccc(C(=O)Oc2cccc(Cl)c2)c1N. The molecule has 0 aliphatic rings. The van der Waals surface area contributed by atoms with Crippen molar-refractivity contribution >= 4 is 23.4 Å². The van der Waals surface area contributed by atoms with Crippen molar-refractivity contribution in [2.24, 2.45) is 0 Å². The highest BCUT2D eigenvalue weighted by atomic mass is 35.5. The van der Waals surface area contributed by atoms with Gasteiger partial charge < -0.3 is 15.0 Å². The molecule has 2 rings (SSSR count). The highest BCUT2D eigenvalue weighted by Crippen LogP contribution is 2.22. The smallest absolute Gasteiger partial charge is 0.347 e. The molecule has 0 atom stereocenters. The lowest BCUT2D eigenvalue weighted by Gasteiger charge is -2.10. The third kappa shape index (κ3) is 2.90. The number of ether oxygens (including phenoxy) is 1. The molecule has 1 aromatic heterocycles. The maximum absolute atomic E-state index is 12.0. The molecule has 0 unspecified atom stereocenters. The first-order valence-corrected chi connectivity index (χ1v) is 6.31. The molecular formula is C14H15ClN2O2. The number of anilines is 1. The minimum atomic E-state index is -0.487. The van der Waals surface area contributed by atoms with Crippen molar-refractivity contribution in [3.63, 3.8) is 0 Å². The van der Waals surface area contributed by atoms with Crippen LogP contribution in [0.3, 0.4) is 0 Å². The Morgan fingerprint density at radius 1 is 1.37 bits per heavy atom. The third-order valence-corrected chi connectivity index (χ3v) is 2.97. The fourth-order valence-corrected chi connectivity index (χ4v) is 1.96. The Morgan fingerprint density at radius 3 is 2.68 bits per heavy atom. The topological polar surface area (TPSA) is 57.2 Å². The average molecular weight is 279 g/mol. The van der Waals surface area contributed by atoms with Gasteiger partial charge in [-0.1, -0.05) is 17.7 Å². The highest BCUT2D eigenvalue weighted by Gasteiger charge is 2.17. The van der Waals surface area contributed by atoms with E-state index in [1.165, 1.54) is 0 Å². The van der Waals surface area contributed by atoms with Crippen LogP contribution in [-0.2, 0) is 0 Å². The number of nitrogen functional groups attached to an aromatic ring is 1. The van der Waals surface area contributed by atoms with Crippen LogP contribution >= 0.6 is 11.6 Å². The third-order valence-electron chi connectivity index (χ3n) is 2.74. The Hall–Kier alpha value is -1.94. The van der Waals surface area contributed by atoms with Gasteiger partial charge in [-0.3, -0.25) is 0 Å². The zero-order valence-electron chi connectivity index (χ0n) is 10.8. The van der Waals surface area contributed by atoms with Crippen molar-refractivity contribution in [2.75, 3.05) is 5.73 Å². The van der Waals surface area contributed by atoms with Crippen molar-refractivity contribution in [1.29, 1.82) is 0 Å². The van der Waals surface area contributed by atoms with Crippen LogP contribution < -0.4 is 10.5 Å². The number of halogens is 1. The molecule has 0 fully saturated rings. The number of rotatable bonds is 3. The molecule has 2 aromatic rings. The van der Waals surface area contributed by atoms with Crippen molar-refractivity contribution < 1.29 is 9.53 Å². The first kappa shape index (κ1) is 13.5. The summed E-state index contributed by atoms with van der Waals surface area (Å²) in [5.74, 6) is 0.315. The van der Waals surface area contributed by atoms with Crippen LogP contribution in [0.2, 0.25) is 5.02 Å². The summed E-state index contributed by atoms with van der Waals surface area (Å²) < 4.78 is 7.05. The predicted octanol–water partition coefficient (Wildman–Crippen LogP) is 3.52. The number of benzene rings is 1. The number of nitrogens with two attached hydrogens (primary N) is 1. The first-order chi connectivity index (χ1) is 8.99. The molecule has 19 heavy (non-hydrogen) atoms. The molecule has 4 nitrogen and oxygen atoms in total. The molecule has 5 heteroatoms. The van der Waals surface area contributed by atoms with Crippen LogP contribution in [-0.4, -0.2) is 10.5 Å². The lowest BCUT2D eigenvalue weighted by Crippen LogP contribution is -2.12. The molecular weight excluding hydrogens is 264 g/mol.